The predicted molar refractivity (Wildman–Crippen MR) is 47.3 cm³/mol. The van der Waals surface area contributed by atoms with E-state index in [9.17, 15) is 9.59 Å². The monoisotopic (exact) mass is 188 g/mol. The van der Waals surface area contributed by atoms with Crippen molar-refractivity contribution in [3.63, 3.8) is 0 Å². The number of esters is 1. The molecule has 1 atom stereocenters. The van der Waals surface area contributed by atoms with Crippen LogP contribution in [0.4, 0.5) is 0 Å². The van der Waals surface area contributed by atoms with E-state index in [-0.39, 0.29) is 18.3 Å². The molecule has 0 aromatic heterocycles. The van der Waals surface area contributed by atoms with Gasteiger partial charge in [0.2, 0.25) is 0 Å². The molecule has 0 saturated carbocycles. The number of carbonyl (C=O) groups is 2. The molecule has 0 unspecified atom stereocenters. The molecule has 0 aliphatic rings. The summed E-state index contributed by atoms with van der Waals surface area (Å²) in [5.41, 5.74) is 0. The van der Waals surface area contributed by atoms with Gasteiger partial charge in [-0.1, -0.05) is 6.92 Å². The Morgan fingerprint density at radius 2 is 2.08 bits per heavy atom. The summed E-state index contributed by atoms with van der Waals surface area (Å²) in [5.74, 6) is -0.994. The van der Waals surface area contributed by atoms with Gasteiger partial charge in [-0.3, -0.25) is 9.59 Å². The maximum atomic E-state index is 10.9. The van der Waals surface area contributed by atoms with Crippen LogP contribution in [0.2, 0.25) is 0 Å². The highest BCUT2D eigenvalue weighted by molar-refractivity contribution is 5.70. The molecule has 0 fully saturated rings. The average molecular weight is 188 g/mol. The molecule has 0 spiro atoms. The zero-order chi connectivity index (χ0) is 10.3. The molecular formula is C9H16O4. The van der Waals surface area contributed by atoms with Crippen molar-refractivity contribution < 1.29 is 19.4 Å². The topological polar surface area (TPSA) is 63.6 Å². The van der Waals surface area contributed by atoms with Crippen molar-refractivity contribution in [2.24, 2.45) is 5.92 Å². The molecule has 0 aliphatic carbocycles. The summed E-state index contributed by atoms with van der Waals surface area (Å²) >= 11 is 0. The summed E-state index contributed by atoms with van der Waals surface area (Å²) in [6.45, 7) is 3.98. The van der Waals surface area contributed by atoms with Crippen LogP contribution in [0, 0.1) is 5.92 Å². The number of hydrogen-bond acceptors (Lipinski definition) is 3. The lowest BCUT2D eigenvalue weighted by atomic mass is 10.0. The zero-order valence-electron chi connectivity index (χ0n) is 8.08. The van der Waals surface area contributed by atoms with Crippen LogP contribution >= 0.6 is 0 Å². The van der Waals surface area contributed by atoms with Gasteiger partial charge in [-0.25, -0.2) is 0 Å². The molecule has 4 nitrogen and oxygen atoms in total. The van der Waals surface area contributed by atoms with Gasteiger partial charge < -0.3 is 9.84 Å². The first kappa shape index (κ1) is 11.9. The highest BCUT2D eigenvalue weighted by atomic mass is 16.5. The standard InChI is InChI=1S/C9H16O4/c1-3-13-9(12)6-7(2)4-5-8(10)11/h7H,3-6H2,1-2H3,(H,10,11)/t7-/m1/s1. The van der Waals surface area contributed by atoms with Crippen LogP contribution < -0.4 is 0 Å². The number of carboxylic acid groups (broad SMARTS) is 1. The van der Waals surface area contributed by atoms with Gasteiger partial charge in [0.15, 0.2) is 0 Å². The summed E-state index contributed by atoms with van der Waals surface area (Å²) < 4.78 is 4.73. The summed E-state index contributed by atoms with van der Waals surface area (Å²) in [4.78, 5) is 21.1. The van der Waals surface area contributed by atoms with Crippen LogP contribution in [0.25, 0.3) is 0 Å². The molecular weight excluding hydrogens is 172 g/mol. The summed E-state index contributed by atoms with van der Waals surface area (Å²) in [7, 11) is 0. The first-order valence-corrected chi connectivity index (χ1v) is 4.43. The lowest BCUT2D eigenvalue weighted by Gasteiger charge is -2.08. The van der Waals surface area contributed by atoms with Gasteiger partial charge in [0, 0.05) is 12.8 Å². The molecule has 0 rings (SSSR count). The Balaban J connectivity index is 3.55. The van der Waals surface area contributed by atoms with E-state index in [0.717, 1.165) is 0 Å². The highest BCUT2D eigenvalue weighted by Gasteiger charge is 2.10. The van der Waals surface area contributed by atoms with Crippen molar-refractivity contribution in [2.75, 3.05) is 6.61 Å². The maximum absolute atomic E-state index is 10.9. The molecule has 1 N–H and O–H groups in total. The van der Waals surface area contributed by atoms with Crippen LogP contribution in [-0.2, 0) is 14.3 Å². The smallest absolute Gasteiger partial charge is 0.306 e. The lowest BCUT2D eigenvalue weighted by molar-refractivity contribution is -0.145. The van der Waals surface area contributed by atoms with Gasteiger partial charge in [-0.05, 0) is 19.3 Å². The van der Waals surface area contributed by atoms with Gasteiger partial charge in [-0.15, -0.1) is 0 Å². The van der Waals surface area contributed by atoms with Crippen LogP contribution in [-0.4, -0.2) is 23.7 Å². The van der Waals surface area contributed by atoms with Gasteiger partial charge in [0.1, 0.15) is 0 Å². The Hall–Kier alpha value is -1.06. The minimum Gasteiger partial charge on any atom is -0.481 e. The minimum absolute atomic E-state index is 0.0788. The number of ether oxygens (including phenoxy) is 1. The molecule has 0 aromatic rings. The SMILES string of the molecule is CCOC(=O)C[C@H](C)CCC(=O)O. The van der Waals surface area contributed by atoms with Crippen LogP contribution in [0.15, 0.2) is 0 Å². The molecule has 4 heteroatoms. The van der Waals surface area contributed by atoms with E-state index in [4.69, 9.17) is 9.84 Å². The van der Waals surface area contributed by atoms with Crippen LogP contribution in [0.5, 0.6) is 0 Å². The maximum Gasteiger partial charge on any atom is 0.306 e. The minimum atomic E-state index is -0.823. The number of carboxylic acids is 1. The molecule has 0 radical (unpaired) electrons. The fraction of sp³-hybridized carbons (Fsp3) is 0.778. The van der Waals surface area contributed by atoms with Crippen molar-refractivity contribution in [3.8, 4) is 0 Å². The predicted octanol–water partition coefficient (Wildman–Crippen LogP) is 1.44. The van der Waals surface area contributed by atoms with E-state index in [1.54, 1.807) is 6.92 Å². The Morgan fingerprint density at radius 3 is 2.54 bits per heavy atom. The summed E-state index contributed by atoms with van der Waals surface area (Å²) in [6.07, 6.45) is 0.940. The van der Waals surface area contributed by atoms with E-state index < -0.39 is 5.97 Å². The largest absolute Gasteiger partial charge is 0.481 e. The first-order chi connectivity index (χ1) is 6.06. The normalized spacial score (nSPS) is 12.2. The third-order valence-electron chi connectivity index (χ3n) is 1.67. The van der Waals surface area contributed by atoms with Gasteiger partial charge >= 0.3 is 11.9 Å². The van der Waals surface area contributed by atoms with E-state index in [0.29, 0.717) is 19.4 Å². The Morgan fingerprint density at radius 1 is 1.46 bits per heavy atom. The second-order valence-corrected chi connectivity index (χ2v) is 3.05. The lowest BCUT2D eigenvalue weighted by Crippen LogP contribution is -2.10. The Labute approximate surface area is 77.9 Å². The number of hydrogen-bond donors (Lipinski definition) is 1. The molecule has 0 aromatic carbocycles. The van der Waals surface area contributed by atoms with E-state index in [2.05, 4.69) is 0 Å². The first-order valence-electron chi connectivity index (χ1n) is 4.43. The number of aliphatic carboxylic acids is 1. The molecule has 13 heavy (non-hydrogen) atoms. The second-order valence-electron chi connectivity index (χ2n) is 3.05. The van der Waals surface area contributed by atoms with E-state index in [1.165, 1.54) is 0 Å². The van der Waals surface area contributed by atoms with Crippen molar-refractivity contribution in [3.05, 3.63) is 0 Å². The number of carbonyl (C=O) groups excluding carboxylic acids is 1. The molecule has 0 amide bonds. The molecule has 0 saturated heterocycles. The summed E-state index contributed by atoms with van der Waals surface area (Å²) in [6, 6.07) is 0. The third kappa shape index (κ3) is 7.31. The Bertz CT molecular complexity index is 176. The van der Waals surface area contributed by atoms with Crippen molar-refractivity contribution in [2.45, 2.75) is 33.1 Å². The fourth-order valence-corrected chi connectivity index (χ4v) is 0.976. The van der Waals surface area contributed by atoms with Crippen molar-refractivity contribution >= 4 is 11.9 Å². The highest BCUT2D eigenvalue weighted by Crippen LogP contribution is 2.10. The summed E-state index contributed by atoms with van der Waals surface area (Å²) in [5, 5.41) is 8.38. The van der Waals surface area contributed by atoms with Crippen LogP contribution in [0.1, 0.15) is 33.1 Å². The van der Waals surface area contributed by atoms with Crippen molar-refractivity contribution in [1.29, 1.82) is 0 Å². The third-order valence-corrected chi connectivity index (χ3v) is 1.67. The fourth-order valence-electron chi connectivity index (χ4n) is 0.976. The molecule has 0 heterocycles. The average Bonchev–Trinajstić information content (AvgIpc) is 2.01. The van der Waals surface area contributed by atoms with Gasteiger partial charge in [0.05, 0.1) is 6.61 Å². The Kier molecular flexibility index (Phi) is 5.93. The number of rotatable bonds is 6. The zero-order valence-corrected chi connectivity index (χ0v) is 8.08. The van der Waals surface area contributed by atoms with E-state index in [1.807, 2.05) is 6.92 Å². The molecule has 0 aliphatic heterocycles. The van der Waals surface area contributed by atoms with Crippen LogP contribution in [0.3, 0.4) is 0 Å². The van der Waals surface area contributed by atoms with Crippen molar-refractivity contribution in [1.82, 2.24) is 0 Å². The molecule has 0 bridgehead atoms. The van der Waals surface area contributed by atoms with E-state index >= 15 is 0 Å². The van der Waals surface area contributed by atoms with Gasteiger partial charge in [0.25, 0.3) is 0 Å². The van der Waals surface area contributed by atoms with Gasteiger partial charge in [-0.2, -0.15) is 0 Å². The molecule has 76 valence electrons. The quantitative estimate of drug-likeness (QED) is 0.640. The second kappa shape index (κ2) is 6.46.